The van der Waals surface area contributed by atoms with Gasteiger partial charge < -0.3 is 15.9 Å². The van der Waals surface area contributed by atoms with Crippen LogP contribution >= 0.6 is 0 Å². The lowest BCUT2D eigenvalue weighted by Crippen LogP contribution is -2.17. The predicted molar refractivity (Wildman–Crippen MR) is 51.6 cm³/mol. The number of hydrogen-bond acceptors (Lipinski definition) is 3. The van der Waals surface area contributed by atoms with Crippen molar-refractivity contribution in [2.24, 2.45) is 5.73 Å². The average Bonchev–Trinajstić information content (AvgIpc) is 2.02. The molecule has 72 valence electrons. The van der Waals surface area contributed by atoms with Crippen LogP contribution in [0.5, 0.6) is 5.75 Å². The van der Waals surface area contributed by atoms with Gasteiger partial charge in [0, 0.05) is 0 Å². The quantitative estimate of drug-likeness (QED) is 0.637. The Hall–Kier alpha value is -1.06. The van der Waals surface area contributed by atoms with Gasteiger partial charge in [0.05, 0.1) is 12.6 Å². The van der Waals surface area contributed by atoms with Gasteiger partial charge in [0.1, 0.15) is 5.75 Å². The van der Waals surface area contributed by atoms with Crippen LogP contribution in [0.4, 0.5) is 0 Å². The molecule has 1 aromatic rings. The fraction of sp³-hybridized carbons (Fsp3) is 0.400. The normalized spacial score (nSPS) is 12.9. The van der Waals surface area contributed by atoms with Crippen LogP contribution in [-0.2, 0) is 0 Å². The van der Waals surface area contributed by atoms with E-state index in [1.54, 1.807) is 12.1 Å². The zero-order valence-electron chi connectivity index (χ0n) is 7.91. The zero-order valence-corrected chi connectivity index (χ0v) is 7.91. The molecule has 13 heavy (non-hydrogen) atoms. The summed E-state index contributed by atoms with van der Waals surface area (Å²) >= 11 is 0. The van der Waals surface area contributed by atoms with Gasteiger partial charge >= 0.3 is 0 Å². The summed E-state index contributed by atoms with van der Waals surface area (Å²) in [5.74, 6) is 0.240. The molecule has 0 heterocycles. The Kier molecular flexibility index (Phi) is 2.90. The van der Waals surface area contributed by atoms with Gasteiger partial charge in [0.15, 0.2) is 0 Å². The Morgan fingerprint density at radius 1 is 1.31 bits per heavy atom. The fourth-order valence-corrected chi connectivity index (χ4v) is 1.63. The van der Waals surface area contributed by atoms with Gasteiger partial charge in [0.2, 0.25) is 0 Å². The van der Waals surface area contributed by atoms with E-state index >= 15 is 0 Å². The molecule has 0 fully saturated rings. The third-order valence-corrected chi connectivity index (χ3v) is 2.15. The van der Waals surface area contributed by atoms with Crippen molar-refractivity contribution in [2.75, 3.05) is 6.61 Å². The van der Waals surface area contributed by atoms with Crippen LogP contribution in [0.1, 0.15) is 22.7 Å². The molecule has 4 N–H and O–H groups in total. The summed E-state index contributed by atoms with van der Waals surface area (Å²) in [6, 6.07) is 2.94. The van der Waals surface area contributed by atoms with E-state index in [0.29, 0.717) is 0 Å². The number of phenolic OH excluding ortho intramolecular Hbond substituents is 1. The van der Waals surface area contributed by atoms with Crippen LogP contribution in [0.25, 0.3) is 0 Å². The van der Waals surface area contributed by atoms with Crippen LogP contribution in [-0.4, -0.2) is 16.8 Å². The number of nitrogens with two attached hydrogens (primary N) is 1. The average molecular weight is 181 g/mol. The zero-order chi connectivity index (χ0) is 10.0. The van der Waals surface area contributed by atoms with Gasteiger partial charge in [-0.1, -0.05) is 0 Å². The molecule has 0 spiro atoms. The standard InChI is InChI=1S/C10H15NO2/c1-6-3-8(13)4-7(2)10(6)9(11)5-12/h3-4,9,12-13H,5,11H2,1-2H3/t9-/m0/s1. The Morgan fingerprint density at radius 2 is 1.77 bits per heavy atom. The molecule has 0 saturated heterocycles. The van der Waals surface area contributed by atoms with Gasteiger partial charge in [-0.15, -0.1) is 0 Å². The van der Waals surface area contributed by atoms with Crippen molar-refractivity contribution in [3.05, 3.63) is 28.8 Å². The minimum Gasteiger partial charge on any atom is -0.508 e. The van der Waals surface area contributed by atoms with Crippen molar-refractivity contribution in [3.63, 3.8) is 0 Å². The second kappa shape index (κ2) is 3.77. The van der Waals surface area contributed by atoms with Gasteiger partial charge in [-0.2, -0.15) is 0 Å². The Bertz CT molecular complexity index is 287. The minimum absolute atomic E-state index is 0.0769. The van der Waals surface area contributed by atoms with Gasteiger partial charge in [-0.05, 0) is 42.7 Å². The maximum absolute atomic E-state index is 9.27. The van der Waals surface area contributed by atoms with Crippen molar-refractivity contribution in [1.82, 2.24) is 0 Å². The lowest BCUT2D eigenvalue weighted by molar-refractivity contribution is 0.267. The van der Waals surface area contributed by atoms with Crippen LogP contribution in [0.2, 0.25) is 0 Å². The molecule has 0 aliphatic carbocycles. The second-order valence-electron chi connectivity index (χ2n) is 3.28. The van der Waals surface area contributed by atoms with Crippen LogP contribution in [0.15, 0.2) is 12.1 Å². The molecule has 0 radical (unpaired) electrons. The van der Waals surface area contributed by atoms with Crippen LogP contribution in [0.3, 0.4) is 0 Å². The summed E-state index contributed by atoms with van der Waals surface area (Å²) in [5, 5.41) is 18.2. The topological polar surface area (TPSA) is 66.5 Å². The molecular formula is C10H15NO2. The van der Waals surface area contributed by atoms with Crippen molar-refractivity contribution in [2.45, 2.75) is 19.9 Å². The van der Waals surface area contributed by atoms with Crippen molar-refractivity contribution < 1.29 is 10.2 Å². The van der Waals surface area contributed by atoms with E-state index in [1.165, 1.54) is 0 Å². The SMILES string of the molecule is Cc1cc(O)cc(C)c1[C@@H](N)CO. The van der Waals surface area contributed by atoms with E-state index in [9.17, 15) is 5.11 Å². The molecule has 0 amide bonds. The maximum atomic E-state index is 9.27. The lowest BCUT2D eigenvalue weighted by atomic mass is 9.97. The van der Waals surface area contributed by atoms with E-state index in [4.69, 9.17) is 10.8 Å². The van der Waals surface area contributed by atoms with Crippen LogP contribution in [0, 0.1) is 13.8 Å². The number of rotatable bonds is 2. The number of aliphatic hydroxyl groups excluding tert-OH is 1. The summed E-state index contributed by atoms with van der Waals surface area (Å²) in [7, 11) is 0. The number of hydrogen-bond donors (Lipinski definition) is 3. The highest BCUT2D eigenvalue weighted by Crippen LogP contribution is 2.24. The maximum Gasteiger partial charge on any atom is 0.116 e. The third-order valence-electron chi connectivity index (χ3n) is 2.15. The molecule has 1 rings (SSSR count). The largest absolute Gasteiger partial charge is 0.508 e. The number of aryl methyl sites for hydroxylation is 2. The highest BCUT2D eigenvalue weighted by atomic mass is 16.3. The van der Waals surface area contributed by atoms with E-state index in [-0.39, 0.29) is 18.4 Å². The molecule has 3 heteroatoms. The lowest BCUT2D eigenvalue weighted by Gasteiger charge is -2.15. The minimum atomic E-state index is -0.361. The Balaban J connectivity index is 3.20. The molecule has 3 nitrogen and oxygen atoms in total. The highest BCUT2D eigenvalue weighted by Gasteiger charge is 2.11. The number of phenols is 1. The molecule has 0 aliphatic heterocycles. The smallest absolute Gasteiger partial charge is 0.116 e. The van der Waals surface area contributed by atoms with E-state index in [1.807, 2.05) is 13.8 Å². The highest BCUT2D eigenvalue weighted by molar-refractivity contribution is 5.42. The summed E-state index contributed by atoms with van der Waals surface area (Å²) in [6.07, 6.45) is 0. The van der Waals surface area contributed by atoms with E-state index in [2.05, 4.69) is 0 Å². The summed E-state index contributed by atoms with van der Waals surface area (Å²) < 4.78 is 0. The first-order valence-corrected chi connectivity index (χ1v) is 4.22. The van der Waals surface area contributed by atoms with Gasteiger partial charge in [-0.25, -0.2) is 0 Å². The molecule has 1 atom stereocenters. The molecular weight excluding hydrogens is 166 g/mol. The first kappa shape index (κ1) is 10.0. The Morgan fingerprint density at radius 3 is 2.15 bits per heavy atom. The van der Waals surface area contributed by atoms with E-state index < -0.39 is 0 Å². The molecule has 0 aromatic heterocycles. The Labute approximate surface area is 77.8 Å². The fourth-order valence-electron chi connectivity index (χ4n) is 1.63. The van der Waals surface area contributed by atoms with Crippen molar-refractivity contribution >= 4 is 0 Å². The van der Waals surface area contributed by atoms with Gasteiger partial charge in [0.25, 0.3) is 0 Å². The first-order chi connectivity index (χ1) is 6.06. The van der Waals surface area contributed by atoms with E-state index in [0.717, 1.165) is 16.7 Å². The van der Waals surface area contributed by atoms with Crippen molar-refractivity contribution in [1.29, 1.82) is 0 Å². The number of aromatic hydroxyl groups is 1. The summed E-state index contributed by atoms with van der Waals surface area (Å²) in [6.45, 7) is 3.67. The molecule has 0 unspecified atom stereocenters. The van der Waals surface area contributed by atoms with Crippen molar-refractivity contribution in [3.8, 4) is 5.75 Å². The summed E-state index contributed by atoms with van der Waals surface area (Å²) in [4.78, 5) is 0. The monoisotopic (exact) mass is 181 g/mol. The molecule has 0 saturated carbocycles. The van der Waals surface area contributed by atoms with Gasteiger partial charge in [-0.3, -0.25) is 0 Å². The summed E-state index contributed by atoms with van der Waals surface area (Å²) in [5.41, 5.74) is 8.46. The second-order valence-corrected chi connectivity index (χ2v) is 3.28. The molecule has 0 bridgehead atoms. The molecule has 1 aromatic carbocycles. The van der Waals surface area contributed by atoms with Crippen LogP contribution < -0.4 is 5.73 Å². The predicted octanol–water partition coefficient (Wildman–Crippen LogP) is 1.00. The number of benzene rings is 1. The number of aliphatic hydroxyl groups is 1. The molecule has 0 aliphatic rings. The first-order valence-electron chi connectivity index (χ1n) is 4.22. The third kappa shape index (κ3) is 1.99.